The van der Waals surface area contributed by atoms with Crippen molar-refractivity contribution in [3.05, 3.63) is 39.7 Å². The van der Waals surface area contributed by atoms with E-state index in [1.165, 1.54) is 6.07 Å². The van der Waals surface area contributed by atoms with E-state index in [9.17, 15) is 14.7 Å². The minimum Gasteiger partial charge on any atom is -0.493 e. The van der Waals surface area contributed by atoms with Crippen molar-refractivity contribution in [1.82, 2.24) is 4.57 Å². The molecule has 1 aromatic carbocycles. The summed E-state index contributed by atoms with van der Waals surface area (Å²) < 4.78 is 18.7. The Balaban J connectivity index is 2.06. The number of aromatic nitrogens is 1. The highest BCUT2D eigenvalue weighted by Crippen LogP contribution is 2.50. The molecule has 148 valence electrons. The number of hydrogen-bond donors (Lipinski definition) is 1. The zero-order chi connectivity index (χ0) is 20.0. The molecule has 0 spiro atoms. The van der Waals surface area contributed by atoms with Gasteiger partial charge in [-0.2, -0.15) is 11.8 Å². The van der Waals surface area contributed by atoms with E-state index in [4.69, 9.17) is 14.2 Å². The predicted molar refractivity (Wildman–Crippen MR) is 106 cm³/mol. The number of fused-ring (bicyclic) bond motifs is 3. The van der Waals surface area contributed by atoms with Crippen LogP contribution in [0.5, 0.6) is 17.2 Å². The lowest BCUT2D eigenvalue weighted by Gasteiger charge is -2.31. The van der Waals surface area contributed by atoms with Crippen LogP contribution in [0.3, 0.4) is 0 Å². The Morgan fingerprint density at radius 3 is 2.50 bits per heavy atom. The van der Waals surface area contributed by atoms with Crippen molar-refractivity contribution in [3.8, 4) is 28.5 Å². The fourth-order valence-electron chi connectivity index (χ4n) is 3.66. The second kappa shape index (κ2) is 7.09. The summed E-state index contributed by atoms with van der Waals surface area (Å²) in [7, 11) is 3.10. The molecule has 2 aliphatic rings. The minimum absolute atomic E-state index is 0.00882. The monoisotopic (exact) mass is 403 g/mol. The van der Waals surface area contributed by atoms with E-state index >= 15 is 0 Å². The fraction of sp³-hybridized carbons (Fsp3) is 0.400. The summed E-state index contributed by atoms with van der Waals surface area (Å²) in [5.74, 6) is 1.07. The van der Waals surface area contributed by atoms with Gasteiger partial charge in [-0.25, -0.2) is 4.79 Å². The molecule has 4 rings (SSSR count). The van der Waals surface area contributed by atoms with Crippen LogP contribution in [0.2, 0.25) is 0 Å². The van der Waals surface area contributed by atoms with Gasteiger partial charge in [-0.15, -0.1) is 0 Å². The van der Waals surface area contributed by atoms with E-state index < -0.39 is 11.5 Å². The van der Waals surface area contributed by atoms with Crippen LogP contribution in [0.1, 0.15) is 40.9 Å². The Morgan fingerprint density at radius 2 is 1.93 bits per heavy atom. The number of aromatic carboxylic acids is 1. The molecule has 1 aliphatic carbocycles. The number of benzene rings is 1. The Hall–Kier alpha value is -2.61. The van der Waals surface area contributed by atoms with Crippen molar-refractivity contribution in [2.45, 2.75) is 25.0 Å². The average molecular weight is 403 g/mol. The van der Waals surface area contributed by atoms with Gasteiger partial charge in [0.1, 0.15) is 17.4 Å². The van der Waals surface area contributed by atoms with Gasteiger partial charge >= 0.3 is 5.97 Å². The lowest BCUT2D eigenvalue weighted by Crippen LogP contribution is -2.31. The zero-order valence-electron chi connectivity index (χ0n) is 15.9. The van der Waals surface area contributed by atoms with Crippen LogP contribution in [-0.2, 0) is 0 Å². The number of ether oxygens (including phenoxy) is 3. The summed E-state index contributed by atoms with van der Waals surface area (Å²) in [5.41, 5.74) is 1.46. The number of methoxy groups -OCH3 is 2. The van der Waals surface area contributed by atoms with Crippen molar-refractivity contribution in [1.29, 1.82) is 0 Å². The van der Waals surface area contributed by atoms with Crippen LogP contribution >= 0.6 is 11.8 Å². The van der Waals surface area contributed by atoms with Gasteiger partial charge in [0, 0.05) is 29.0 Å². The molecular formula is C20H21NO6S. The van der Waals surface area contributed by atoms with Crippen molar-refractivity contribution in [3.63, 3.8) is 0 Å². The third kappa shape index (κ3) is 2.92. The topological polar surface area (TPSA) is 87.0 Å². The third-order valence-corrected chi connectivity index (χ3v) is 5.72. The number of thioether (sulfide) groups is 1. The molecular weight excluding hydrogens is 382 g/mol. The molecule has 1 aliphatic heterocycles. The maximum Gasteiger partial charge on any atom is 0.341 e. The molecule has 0 saturated heterocycles. The van der Waals surface area contributed by atoms with Crippen molar-refractivity contribution in [2.75, 3.05) is 26.2 Å². The smallest absolute Gasteiger partial charge is 0.341 e. The van der Waals surface area contributed by atoms with Crippen LogP contribution in [0, 0.1) is 0 Å². The molecule has 1 fully saturated rings. The molecule has 0 amide bonds. The average Bonchev–Trinajstić information content (AvgIpc) is 3.51. The fourth-order valence-corrected chi connectivity index (χ4v) is 4.21. The zero-order valence-corrected chi connectivity index (χ0v) is 16.7. The van der Waals surface area contributed by atoms with Crippen LogP contribution in [0.25, 0.3) is 11.3 Å². The van der Waals surface area contributed by atoms with E-state index in [0.717, 1.165) is 24.1 Å². The summed E-state index contributed by atoms with van der Waals surface area (Å²) in [6, 6.07) is 5.03. The summed E-state index contributed by atoms with van der Waals surface area (Å²) >= 11 is 1.60. The Bertz CT molecular complexity index is 1010. The van der Waals surface area contributed by atoms with Crippen LogP contribution in [0.4, 0.5) is 0 Å². The lowest BCUT2D eigenvalue weighted by atomic mass is 9.95. The molecule has 1 saturated carbocycles. The highest BCUT2D eigenvalue weighted by Gasteiger charge is 2.37. The van der Waals surface area contributed by atoms with Crippen molar-refractivity contribution in [2.24, 2.45) is 0 Å². The van der Waals surface area contributed by atoms with E-state index in [1.807, 2.05) is 6.26 Å². The van der Waals surface area contributed by atoms with Gasteiger partial charge in [0.05, 0.1) is 19.9 Å². The number of carbonyl (C=O) groups is 1. The van der Waals surface area contributed by atoms with E-state index in [-0.39, 0.29) is 17.7 Å². The molecule has 28 heavy (non-hydrogen) atoms. The number of nitrogens with zero attached hydrogens (tertiary/aromatic N) is 1. The first kappa shape index (κ1) is 18.7. The van der Waals surface area contributed by atoms with Crippen LogP contribution in [-0.4, -0.2) is 41.9 Å². The van der Waals surface area contributed by atoms with Gasteiger partial charge in [-0.1, -0.05) is 0 Å². The summed E-state index contributed by atoms with van der Waals surface area (Å²) in [4.78, 5) is 24.7. The molecule has 1 atom stereocenters. The minimum atomic E-state index is -1.22. The first-order valence-corrected chi connectivity index (χ1v) is 10.3. The summed E-state index contributed by atoms with van der Waals surface area (Å²) in [5, 5.41) is 9.56. The largest absolute Gasteiger partial charge is 0.493 e. The van der Waals surface area contributed by atoms with Gasteiger partial charge in [-0.3, -0.25) is 4.79 Å². The highest BCUT2D eigenvalue weighted by atomic mass is 32.2. The number of pyridine rings is 1. The van der Waals surface area contributed by atoms with E-state index in [1.54, 1.807) is 42.7 Å². The lowest BCUT2D eigenvalue weighted by molar-refractivity contribution is 0.0694. The van der Waals surface area contributed by atoms with E-state index in [2.05, 4.69) is 0 Å². The highest BCUT2D eigenvalue weighted by molar-refractivity contribution is 7.98. The number of hydrogen-bond acceptors (Lipinski definition) is 6. The second-order valence-electron chi connectivity index (χ2n) is 6.84. The Morgan fingerprint density at radius 1 is 1.25 bits per heavy atom. The SMILES string of the molecule is COc1cc2c(cc1OC)-c1c(cc(C(=O)O)c(=O)n1C1CC1)C(CSC)O2. The Kier molecular flexibility index (Phi) is 4.74. The van der Waals surface area contributed by atoms with Crippen molar-refractivity contribution >= 4 is 17.7 Å². The molecule has 7 nitrogen and oxygen atoms in total. The van der Waals surface area contributed by atoms with Crippen molar-refractivity contribution < 1.29 is 24.1 Å². The van der Waals surface area contributed by atoms with Gasteiger partial charge in [0.25, 0.3) is 5.56 Å². The molecule has 8 heteroatoms. The normalized spacial score (nSPS) is 17.3. The number of carboxylic acids is 1. The summed E-state index contributed by atoms with van der Waals surface area (Å²) in [6.07, 6.45) is 3.31. The predicted octanol–water partition coefficient (Wildman–Crippen LogP) is 3.36. The number of carboxylic acid groups (broad SMARTS) is 1. The van der Waals surface area contributed by atoms with Gasteiger partial charge in [0.2, 0.25) is 0 Å². The maximum atomic E-state index is 13.0. The molecule has 1 N–H and O–H groups in total. The van der Waals surface area contributed by atoms with Gasteiger partial charge in [0.15, 0.2) is 11.5 Å². The second-order valence-corrected chi connectivity index (χ2v) is 7.75. The maximum absolute atomic E-state index is 13.0. The Labute approximate surface area is 166 Å². The first-order chi connectivity index (χ1) is 13.5. The standard InChI is InChI=1S/C20H21NO6S/c1-25-15-7-12-14(8-16(15)26-2)27-17(9-28-3)11-6-13(20(23)24)19(22)21(18(11)12)10-4-5-10/h6-8,10,17H,4-5,9H2,1-3H3,(H,23,24). The van der Waals surface area contributed by atoms with Gasteiger partial charge < -0.3 is 23.9 Å². The third-order valence-electron chi connectivity index (χ3n) is 5.08. The molecule has 2 heterocycles. The molecule has 1 unspecified atom stereocenters. The molecule has 0 radical (unpaired) electrons. The van der Waals surface area contributed by atoms with Crippen LogP contribution < -0.4 is 19.8 Å². The molecule has 2 aromatic rings. The molecule has 1 aromatic heterocycles. The van der Waals surface area contributed by atoms with Crippen LogP contribution in [0.15, 0.2) is 23.0 Å². The van der Waals surface area contributed by atoms with Gasteiger partial charge in [-0.05, 0) is 31.2 Å². The molecule has 0 bridgehead atoms. The summed E-state index contributed by atoms with van der Waals surface area (Å²) in [6.45, 7) is 0. The number of rotatable bonds is 6. The van der Waals surface area contributed by atoms with E-state index in [0.29, 0.717) is 28.6 Å². The first-order valence-electron chi connectivity index (χ1n) is 8.94. The quantitative estimate of drug-likeness (QED) is 0.791.